The van der Waals surface area contributed by atoms with Crippen molar-refractivity contribution < 1.29 is 13.9 Å². The molecule has 0 aliphatic carbocycles. The molecular weight excluding hydrogens is 228 g/mol. The van der Waals surface area contributed by atoms with Gasteiger partial charge in [0, 0.05) is 5.56 Å². The summed E-state index contributed by atoms with van der Waals surface area (Å²) in [6, 6.07) is 8.93. The Balaban J connectivity index is 2.26. The first kappa shape index (κ1) is 12.4. The molecule has 0 bridgehead atoms. The number of carbonyl (C=O) groups is 1. The fourth-order valence-electron chi connectivity index (χ4n) is 1.88. The Kier molecular flexibility index (Phi) is 3.51. The van der Waals surface area contributed by atoms with Gasteiger partial charge >= 0.3 is 0 Å². The monoisotopic (exact) mass is 244 g/mol. The van der Waals surface area contributed by atoms with Crippen molar-refractivity contribution in [1.29, 1.82) is 0 Å². The number of hydrogen-bond acceptors (Lipinski definition) is 3. The van der Waals surface area contributed by atoms with Gasteiger partial charge in [-0.1, -0.05) is 0 Å². The minimum atomic E-state index is -0.0209. The standard InChI is InChI=1S/C15H16O3/c1-4-17-13-7-5-12(6-8-13)15(16)14-9-10(2)18-11(14)3/h5-9H,4H2,1-3H3. The Morgan fingerprint density at radius 1 is 1.22 bits per heavy atom. The van der Waals surface area contributed by atoms with E-state index in [4.69, 9.17) is 9.15 Å². The maximum Gasteiger partial charge on any atom is 0.196 e. The molecule has 0 saturated carbocycles. The molecule has 0 atom stereocenters. The maximum atomic E-state index is 12.2. The summed E-state index contributed by atoms with van der Waals surface area (Å²) in [5.41, 5.74) is 1.26. The fraction of sp³-hybridized carbons (Fsp3) is 0.267. The maximum absolute atomic E-state index is 12.2. The van der Waals surface area contributed by atoms with Crippen molar-refractivity contribution in [3.8, 4) is 5.75 Å². The second-order valence-corrected chi connectivity index (χ2v) is 4.11. The lowest BCUT2D eigenvalue weighted by atomic mass is 10.0. The summed E-state index contributed by atoms with van der Waals surface area (Å²) < 4.78 is 10.7. The van der Waals surface area contributed by atoms with E-state index in [9.17, 15) is 4.79 Å². The predicted molar refractivity (Wildman–Crippen MR) is 69.2 cm³/mol. The number of benzene rings is 1. The zero-order valence-electron chi connectivity index (χ0n) is 10.8. The van der Waals surface area contributed by atoms with Crippen LogP contribution in [-0.2, 0) is 0 Å². The van der Waals surface area contributed by atoms with E-state index in [0.29, 0.717) is 23.5 Å². The number of aryl methyl sites for hydroxylation is 2. The zero-order valence-corrected chi connectivity index (χ0v) is 10.8. The average molecular weight is 244 g/mol. The number of carbonyl (C=O) groups excluding carboxylic acids is 1. The summed E-state index contributed by atoms with van der Waals surface area (Å²) in [5.74, 6) is 2.16. The van der Waals surface area contributed by atoms with Crippen LogP contribution in [0.15, 0.2) is 34.7 Å². The minimum absolute atomic E-state index is 0.0209. The van der Waals surface area contributed by atoms with Gasteiger partial charge < -0.3 is 9.15 Å². The van der Waals surface area contributed by atoms with E-state index in [1.54, 1.807) is 37.3 Å². The quantitative estimate of drug-likeness (QED) is 0.772. The highest BCUT2D eigenvalue weighted by Gasteiger charge is 2.15. The number of ether oxygens (including phenoxy) is 1. The minimum Gasteiger partial charge on any atom is -0.494 e. The number of furan rings is 1. The molecule has 3 heteroatoms. The van der Waals surface area contributed by atoms with Crippen molar-refractivity contribution in [2.45, 2.75) is 20.8 Å². The van der Waals surface area contributed by atoms with Crippen LogP contribution in [0.25, 0.3) is 0 Å². The molecule has 0 N–H and O–H groups in total. The number of ketones is 1. The number of rotatable bonds is 4. The molecule has 2 rings (SSSR count). The second kappa shape index (κ2) is 5.08. The SMILES string of the molecule is CCOc1ccc(C(=O)c2cc(C)oc2C)cc1. The normalized spacial score (nSPS) is 10.4. The molecule has 0 aliphatic heterocycles. The van der Waals surface area contributed by atoms with Gasteiger partial charge in [0.25, 0.3) is 0 Å². The summed E-state index contributed by atoms with van der Waals surface area (Å²) in [5, 5.41) is 0. The van der Waals surface area contributed by atoms with Gasteiger partial charge in [-0.3, -0.25) is 4.79 Å². The summed E-state index contributed by atoms with van der Waals surface area (Å²) in [7, 11) is 0. The van der Waals surface area contributed by atoms with Gasteiger partial charge in [-0.05, 0) is 51.1 Å². The molecule has 0 spiro atoms. The van der Waals surface area contributed by atoms with Crippen molar-refractivity contribution in [1.82, 2.24) is 0 Å². The number of hydrogen-bond donors (Lipinski definition) is 0. The summed E-state index contributed by atoms with van der Waals surface area (Å²) in [6.07, 6.45) is 0. The Morgan fingerprint density at radius 3 is 2.39 bits per heavy atom. The largest absolute Gasteiger partial charge is 0.494 e. The van der Waals surface area contributed by atoms with Crippen LogP contribution in [0.5, 0.6) is 5.75 Å². The van der Waals surface area contributed by atoms with Crippen molar-refractivity contribution in [3.63, 3.8) is 0 Å². The van der Waals surface area contributed by atoms with E-state index in [0.717, 1.165) is 11.5 Å². The summed E-state index contributed by atoms with van der Waals surface area (Å²) in [6.45, 7) is 6.18. The van der Waals surface area contributed by atoms with Gasteiger partial charge in [0.2, 0.25) is 0 Å². The molecule has 0 amide bonds. The first-order valence-corrected chi connectivity index (χ1v) is 5.96. The molecular formula is C15H16O3. The van der Waals surface area contributed by atoms with E-state index < -0.39 is 0 Å². The molecule has 1 aromatic heterocycles. The first-order chi connectivity index (χ1) is 8.61. The van der Waals surface area contributed by atoms with E-state index in [1.807, 2.05) is 13.8 Å². The molecule has 1 heterocycles. The molecule has 3 nitrogen and oxygen atoms in total. The molecule has 0 saturated heterocycles. The van der Waals surface area contributed by atoms with Crippen LogP contribution in [0.3, 0.4) is 0 Å². The Bertz CT molecular complexity index is 550. The lowest BCUT2D eigenvalue weighted by molar-refractivity contribution is 0.103. The van der Waals surface area contributed by atoms with Gasteiger partial charge in [0.15, 0.2) is 5.78 Å². The summed E-state index contributed by atoms with van der Waals surface area (Å²) in [4.78, 5) is 12.2. The highest BCUT2D eigenvalue weighted by Crippen LogP contribution is 2.20. The molecule has 2 aromatic rings. The molecule has 1 aromatic carbocycles. The average Bonchev–Trinajstić information content (AvgIpc) is 2.69. The van der Waals surface area contributed by atoms with Crippen molar-refractivity contribution in [2.24, 2.45) is 0 Å². The van der Waals surface area contributed by atoms with Gasteiger partial charge in [0.05, 0.1) is 12.2 Å². The lowest BCUT2D eigenvalue weighted by Gasteiger charge is -2.04. The van der Waals surface area contributed by atoms with Crippen LogP contribution in [0, 0.1) is 13.8 Å². The van der Waals surface area contributed by atoms with Crippen molar-refractivity contribution >= 4 is 5.78 Å². The van der Waals surface area contributed by atoms with E-state index in [2.05, 4.69) is 0 Å². The van der Waals surface area contributed by atoms with Crippen LogP contribution < -0.4 is 4.74 Å². The van der Waals surface area contributed by atoms with Crippen molar-refractivity contribution in [3.05, 3.63) is 53.0 Å². The van der Waals surface area contributed by atoms with E-state index >= 15 is 0 Å². The topological polar surface area (TPSA) is 39.4 Å². The van der Waals surface area contributed by atoms with Crippen LogP contribution in [0.2, 0.25) is 0 Å². The third-order valence-corrected chi connectivity index (χ3v) is 2.71. The second-order valence-electron chi connectivity index (χ2n) is 4.11. The molecule has 0 unspecified atom stereocenters. The van der Waals surface area contributed by atoms with E-state index in [-0.39, 0.29) is 5.78 Å². The van der Waals surface area contributed by atoms with Gasteiger partial charge in [-0.2, -0.15) is 0 Å². The molecule has 0 fully saturated rings. The highest BCUT2D eigenvalue weighted by molar-refractivity contribution is 6.09. The Morgan fingerprint density at radius 2 is 1.89 bits per heavy atom. The van der Waals surface area contributed by atoms with Crippen LogP contribution in [-0.4, -0.2) is 12.4 Å². The zero-order chi connectivity index (χ0) is 13.1. The van der Waals surface area contributed by atoms with Crippen LogP contribution >= 0.6 is 0 Å². The third kappa shape index (κ3) is 2.45. The molecule has 0 radical (unpaired) electrons. The summed E-state index contributed by atoms with van der Waals surface area (Å²) >= 11 is 0. The van der Waals surface area contributed by atoms with Gasteiger partial charge in [-0.25, -0.2) is 0 Å². The smallest absolute Gasteiger partial charge is 0.196 e. The first-order valence-electron chi connectivity index (χ1n) is 5.96. The van der Waals surface area contributed by atoms with Crippen LogP contribution in [0.4, 0.5) is 0 Å². The fourth-order valence-corrected chi connectivity index (χ4v) is 1.88. The van der Waals surface area contributed by atoms with Crippen molar-refractivity contribution in [2.75, 3.05) is 6.61 Å². The molecule has 18 heavy (non-hydrogen) atoms. The lowest BCUT2D eigenvalue weighted by Crippen LogP contribution is -2.01. The predicted octanol–water partition coefficient (Wildman–Crippen LogP) is 3.53. The van der Waals surface area contributed by atoms with E-state index in [1.165, 1.54) is 0 Å². The molecule has 94 valence electrons. The third-order valence-electron chi connectivity index (χ3n) is 2.71. The van der Waals surface area contributed by atoms with Crippen LogP contribution in [0.1, 0.15) is 34.4 Å². The van der Waals surface area contributed by atoms with Gasteiger partial charge in [-0.15, -0.1) is 0 Å². The molecule has 0 aliphatic rings. The Labute approximate surface area is 106 Å². The highest BCUT2D eigenvalue weighted by atomic mass is 16.5. The Hall–Kier alpha value is -2.03. The van der Waals surface area contributed by atoms with Gasteiger partial charge in [0.1, 0.15) is 17.3 Å².